The number of nitrogens with one attached hydrogen (secondary N) is 1. The van der Waals surface area contributed by atoms with Crippen molar-refractivity contribution < 1.29 is 24.6 Å². The summed E-state index contributed by atoms with van der Waals surface area (Å²) in [6.45, 7) is 4.93. The summed E-state index contributed by atoms with van der Waals surface area (Å²) in [5.41, 5.74) is 0.582. The van der Waals surface area contributed by atoms with Gasteiger partial charge in [-0.3, -0.25) is 9.59 Å². The van der Waals surface area contributed by atoms with Crippen molar-refractivity contribution in [1.29, 1.82) is 0 Å². The molecular formula is C17H24N2O5. The van der Waals surface area contributed by atoms with Crippen LogP contribution in [0, 0.1) is 5.92 Å². The van der Waals surface area contributed by atoms with Gasteiger partial charge in [0.05, 0.1) is 0 Å². The normalized spacial score (nSPS) is 13.2. The maximum atomic E-state index is 12.4. The van der Waals surface area contributed by atoms with Crippen LogP contribution in [0.5, 0.6) is 0 Å². The highest BCUT2D eigenvalue weighted by molar-refractivity contribution is 5.90. The van der Waals surface area contributed by atoms with Gasteiger partial charge in [-0.05, 0) is 31.4 Å². The van der Waals surface area contributed by atoms with Crippen LogP contribution in [0.3, 0.4) is 0 Å². The van der Waals surface area contributed by atoms with Gasteiger partial charge in [0.2, 0.25) is 5.91 Å². The lowest BCUT2D eigenvalue weighted by molar-refractivity contribution is -0.142. The Balaban J connectivity index is 2.92. The molecule has 2 atom stereocenters. The van der Waals surface area contributed by atoms with E-state index in [2.05, 4.69) is 5.32 Å². The van der Waals surface area contributed by atoms with Gasteiger partial charge in [0.15, 0.2) is 0 Å². The molecule has 0 radical (unpaired) electrons. The Morgan fingerprint density at radius 3 is 2.12 bits per heavy atom. The van der Waals surface area contributed by atoms with Crippen molar-refractivity contribution in [1.82, 2.24) is 5.32 Å². The second kappa shape index (κ2) is 8.90. The fourth-order valence-electron chi connectivity index (χ4n) is 2.34. The Kier molecular flexibility index (Phi) is 7.23. The van der Waals surface area contributed by atoms with Crippen molar-refractivity contribution in [3.05, 3.63) is 30.3 Å². The van der Waals surface area contributed by atoms with E-state index in [9.17, 15) is 19.5 Å². The lowest BCUT2D eigenvalue weighted by Gasteiger charge is -2.30. The Hall–Kier alpha value is -2.57. The highest BCUT2D eigenvalue weighted by Crippen LogP contribution is 2.17. The number of carboxylic acids is 2. The minimum Gasteiger partial charge on any atom is -0.480 e. The minimum atomic E-state index is -1.10. The Bertz CT molecular complexity index is 574. The summed E-state index contributed by atoms with van der Waals surface area (Å²) in [6, 6.07) is 6.86. The second-order valence-corrected chi connectivity index (χ2v) is 6.06. The lowest BCUT2D eigenvalue weighted by Crippen LogP contribution is -2.52. The van der Waals surface area contributed by atoms with Gasteiger partial charge in [0, 0.05) is 5.69 Å². The van der Waals surface area contributed by atoms with Crippen molar-refractivity contribution in [3.63, 3.8) is 0 Å². The van der Waals surface area contributed by atoms with Crippen LogP contribution in [0.15, 0.2) is 30.3 Å². The molecule has 7 heteroatoms. The molecule has 132 valence electrons. The number of carbonyl (C=O) groups excluding carboxylic acids is 1. The Morgan fingerprint density at radius 2 is 1.67 bits per heavy atom. The van der Waals surface area contributed by atoms with E-state index in [4.69, 9.17) is 5.11 Å². The first-order chi connectivity index (χ1) is 11.2. The molecule has 0 bridgehead atoms. The number of nitrogens with zero attached hydrogens (tertiary/aromatic N) is 1. The molecule has 0 fully saturated rings. The number of para-hydroxylation sites is 1. The summed E-state index contributed by atoms with van der Waals surface area (Å²) in [5.74, 6) is -2.59. The van der Waals surface area contributed by atoms with E-state index in [0.29, 0.717) is 12.1 Å². The van der Waals surface area contributed by atoms with Gasteiger partial charge < -0.3 is 20.4 Å². The van der Waals surface area contributed by atoms with Crippen LogP contribution >= 0.6 is 0 Å². The molecule has 2 unspecified atom stereocenters. The van der Waals surface area contributed by atoms with Crippen molar-refractivity contribution in [3.8, 4) is 0 Å². The van der Waals surface area contributed by atoms with Gasteiger partial charge in [0.1, 0.15) is 18.6 Å². The predicted octanol–water partition coefficient (Wildman–Crippen LogP) is 1.58. The first-order valence-corrected chi connectivity index (χ1v) is 7.79. The number of benzene rings is 1. The number of carboxylic acid groups (broad SMARTS) is 2. The van der Waals surface area contributed by atoms with Gasteiger partial charge in [0.25, 0.3) is 0 Å². The summed E-state index contributed by atoms with van der Waals surface area (Å²) in [6.07, 6.45) is 0.304. The van der Waals surface area contributed by atoms with Crippen LogP contribution in [0.25, 0.3) is 0 Å². The molecule has 0 aromatic heterocycles. The number of anilines is 1. The molecule has 0 aliphatic rings. The molecular weight excluding hydrogens is 312 g/mol. The van der Waals surface area contributed by atoms with Crippen LogP contribution in [0.4, 0.5) is 5.69 Å². The molecule has 1 aromatic carbocycles. The topological polar surface area (TPSA) is 107 Å². The van der Waals surface area contributed by atoms with Crippen molar-refractivity contribution in [2.24, 2.45) is 5.92 Å². The average Bonchev–Trinajstić information content (AvgIpc) is 2.51. The van der Waals surface area contributed by atoms with Crippen molar-refractivity contribution >= 4 is 23.5 Å². The van der Waals surface area contributed by atoms with Crippen molar-refractivity contribution in [2.45, 2.75) is 39.3 Å². The van der Waals surface area contributed by atoms with E-state index in [1.165, 1.54) is 4.90 Å². The third kappa shape index (κ3) is 5.91. The molecule has 0 saturated carbocycles. The van der Waals surface area contributed by atoms with Gasteiger partial charge >= 0.3 is 11.9 Å². The monoisotopic (exact) mass is 336 g/mol. The molecule has 1 rings (SSSR count). The zero-order valence-electron chi connectivity index (χ0n) is 14.1. The third-order valence-corrected chi connectivity index (χ3v) is 3.56. The van der Waals surface area contributed by atoms with Crippen LogP contribution < -0.4 is 10.2 Å². The molecule has 24 heavy (non-hydrogen) atoms. The molecule has 7 nitrogen and oxygen atoms in total. The minimum absolute atomic E-state index is 0.103. The largest absolute Gasteiger partial charge is 0.480 e. The molecule has 3 N–H and O–H groups in total. The van der Waals surface area contributed by atoms with E-state index in [1.807, 2.05) is 13.8 Å². The van der Waals surface area contributed by atoms with Gasteiger partial charge in [-0.15, -0.1) is 0 Å². The summed E-state index contributed by atoms with van der Waals surface area (Å²) in [7, 11) is 0. The lowest BCUT2D eigenvalue weighted by atomic mass is 10.0. The second-order valence-electron chi connectivity index (χ2n) is 6.06. The molecule has 0 aliphatic heterocycles. The van der Waals surface area contributed by atoms with Gasteiger partial charge in [-0.1, -0.05) is 32.0 Å². The summed E-state index contributed by atoms with van der Waals surface area (Å²) < 4.78 is 0. The first-order valence-electron chi connectivity index (χ1n) is 7.79. The van der Waals surface area contributed by atoms with Crippen molar-refractivity contribution in [2.75, 3.05) is 11.4 Å². The highest BCUT2D eigenvalue weighted by atomic mass is 16.4. The number of rotatable bonds is 9. The molecule has 0 aliphatic carbocycles. The number of hydrogen-bond donors (Lipinski definition) is 3. The number of aliphatic carboxylic acids is 2. The van der Waals surface area contributed by atoms with Gasteiger partial charge in [-0.2, -0.15) is 0 Å². The van der Waals surface area contributed by atoms with E-state index >= 15 is 0 Å². The van der Waals surface area contributed by atoms with E-state index in [-0.39, 0.29) is 12.5 Å². The molecule has 1 amide bonds. The zero-order valence-corrected chi connectivity index (χ0v) is 14.1. The summed E-state index contributed by atoms with van der Waals surface area (Å²) in [4.78, 5) is 36.3. The SMILES string of the molecule is CC(C)CC(NC(=O)C(C)N(CC(=O)O)c1ccccc1)C(=O)O. The fraction of sp³-hybridized carbons (Fsp3) is 0.471. The van der Waals surface area contributed by atoms with Gasteiger partial charge in [-0.25, -0.2) is 4.79 Å². The van der Waals surface area contributed by atoms with E-state index < -0.39 is 29.9 Å². The highest BCUT2D eigenvalue weighted by Gasteiger charge is 2.28. The summed E-state index contributed by atoms with van der Waals surface area (Å²) in [5, 5.41) is 20.8. The smallest absolute Gasteiger partial charge is 0.326 e. The average molecular weight is 336 g/mol. The maximum absolute atomic E-state index is 12.4. The Morgan fingerprint density at radius 1 is 1.08 bits per heavy atom. The number of hydrogen-bond acceptors (Lipinski definition) is 4. The number of amides is 1. The quantitative estimate of drug-likeness (QED) is 0.632. The van der Waals surface area contributed by atoms with E-state index in [1.54, 1.807) is 37.3 Å². The fourth-order valence-corrected chi connectivity index (χ4v) is 2.34. The maximum Gasteiger partial charge on any atom is 0.326 e. The van der Waals surface area contributed by atoms with Crippen LogP contribution in [0.2, 0.25) is 0 Å². The molecule has 0 spiro atoms. The van der Waals surface area contributed by atoms with Crippen LogP contribution in [0.1, 0.15) is 27.2 Å². The molecule has 0 saturated heterocycles. The number of carbonyl (C=O) groups is 3. The standard InChI is InChI=1S/C17H24N2O5/c1-11(2)9-14(17(23)24)18-16(22)12(3)19(10-15(20)21)13-7-5-4-6-8-13/h4-8,11-12,14H,9-10H2,1-3H3,(H,18,22)(H,20,21)(H,23,24). The van der Waals surface area contributed by atoms with E-state index in [0.717, 1.165) is 0 Å². The molecule has 1 aromatic rings. The van der Waals surface area contributed by atoms with Crippen LogP contribution in [-0.2, 0) is 14.4 Å². The van der Waals surface area contributed by atoms with Crippen LogP contribution in [-0.4, -0.2) is 46.7 Å². The third-order valence-electron chi connectivity index (χ3n) is 3.56. The summed E-state index contributed by atoms with van der Waals surface area (Å²) >= 11 is 0. The zero-order chi connectivity index (χ0) is 18.3. The molecule has 0 heterocycles. The Labute approximate surface area is 141 Å². The first kappa shape index (κ1) is 19.5. The predicted molar refractivity (Wildman–Crippen MR) is 89.9 cm³/mol.